The second-order valence-corrected chi connectivity index (χ2v) is 11.3. The molecular weight excluding hydrogens is 516 g/mol. The topological polar surface area (TPSA) is 83.6 Å². The first-order valence-electron chi connectivity index (χ1n) is 11.1. The molecule has 3 aromatic carbocycles. The number of hydrogen-bond donors (Lipinski definition) is 1. The highest BCUT2D eigenvalue weighted by Gasteiger charge is 2.28. The number of carbonyl (C=O) groups is 2. The van der Waals surface area contributed by atoms with Gasteiger partial charge in [0, 0.05) is 34.3 Å². The summed E-state index contributed by atoms with van der Waals surface area (Å²) in [6.45, 7) is 3.07. The molecular formula is C26H25BrN2O4S. The molecule has 0 aromatic heterocycles. The molecule has 1 amide bonds. The number of halogens is 1. The first kappa shape index (κ1) is 24.3. The predicted molar refractivity (Wildman–Crippen MR) is 136 cm³/mol. The number of nitrogens with zero attached hydrogens (tertiary/aromatic N) is 1. The Morgan fingerprint density at radius 2 is 1.68 bits per heavy atom. The molecule has 1 N–H and O–H groups in total. The van der Waals surface area contributed by atoms with E-state index in [-0.39, 0.29) is 10.7 Å². The number of ketones is 1. The van der Waals surface area contributed by atoms with Crippen LogP contribution in [0.4, 0.5) is 5.69 Å². The zero-order valence-corrected chi connectivity index (χ0v) is 21.1. The summed E-state index contributed by atoms with van der Waals surface area (Å²) in [7, 11) is -3.60. The number of anilines is 1. The van der Waals surface area contributed by atoms with Crippen LogP contribution in [0.5, 0.6) is 0 Å². The third kappa shape index (κ3) is 5.29. The largest absolute Gasteiger partial charge is 0.321 e. The lowest BCUT2D eigenvalue weighted by Gasteiger charge is -2.30. The van der Waals surface area contributed by atoms with Gasteiger partial charge in [0.2, 0.25) is 10.0 Å². The molecule has 0 saturated carbocycles. The Labute approximate surface area is 208 Å². The van der Waals surface area contributed by atoms with Crippen LogP contribution in [0.3, 0.4) is 0 Å². The van der Waals surface area contributed by atoms with Crippen molar-refractivity contribution >= 4 is 43.3 Å². The summed E-state index contributed by atoms with van der Waals surface area (Å²) in [5, 5.41) is 2.79. The molecule has 0 radical (unpaired) electrons. The van der Waals surface area contributed by atoms with Crippen LogP contribution in [0.25, 0.3) is 0 Å². The van der Waals surface area contributed by atoms with E-state index >= 15 is 0 Å². The minimum atomic E-state index is -3.60. The molecule has 1 unspecified atom stereocenters. The number of benzene rings is 3. The monoisotopic (exact) mass is 540 g/mol. The van der Waals surface area contributed by atoms with Crippen LogP contribution in [-0.4, -0.2) is 37.5 Å². The second-order valence-electron chi connectivity index (χ2n) is 8.47. The first-order chi connectivity index (χ1) is 16.3. The van der Waals surface area contributed by atoms with Crippen LogP contribution in [0.15, 0.2) is 82.2 Å². The van der Waals surface area contributed by atoms with Crippen molar-refractivity contribution in [2.45, 2.75) is 24.7 Å². The van der Waals surface area contributed by atoms with Gasteiger partial charge in [-0.25, -0.2) is 8.42 Å². The van der Waals surface area contributed by atoms with Crippen molar-refractivity contribution in [3.63, 3.8) is 0 Å². The van der Waals surface area contributed by atoms with Crippen molar-refractivity contribution in [1.29, 1.82) is 0 Å². The predicted octanol–water partition coefficient (Wildman–Crippen LogP) is 5.35. The van der Waals surface area contributed by atoms with E-state index in [4.69, 9.17) is 0 Å². The van der Waals surface area contributed by atoms with Gasteiger partial charge in [-0.3, -0.25) is 9.59 Å². The number of nitrogens with one attached hydrogen (secondary N) is 1. The number of amides is 1. The summed E-state index contributed by atoms with van der Waals surface area (Å²) in [4.78, 5) is 26.1. The molecule has 6 nitrogen and oxygen atoms in total. The van der Waals surface area contributed by atoms with Crippen molar-refractivity contribution in [3.8, 4) is 0 Å². The van der Waals surface area contributed by atoms with E-state index in [1.165, 1.54) is 28.6 Å². The van der Waals surface area contributed by atoms with Crippen molar-refractivity contribution in [2.24, 2.45) is 5.92 Å². The quantitative estimate of drug-likeness (QED) is 0.427. The van der Waals surface area contributed by atoms with Gasteiger partial charge in [0.25, 0.3) is 5.91 Å². The van der Waals surface area contributed by atoms with E-state index in [2.05, 4.69) is 21.2 Å². The second kappa shape index (κ2) is 10.2. The highest BCUT2D eigenvalue weighted by Crippen LogP contribution is 2.26. The van der Waals surface area contributed by atoms with Crippen molar-refractivity contribution < 1.29 is 18.0 Å². The molecule has 1 fully saturated rings. The molecule has 1 aliphatic heterocycles. The van der Waals surface area contributed by atoms with Gasteiger partial charge < -0.3 is 5.32 Å². The van der Waals surface area contributed by atoms with Gasteiger partial charge in [0.05, 0.1) is 10.6 Å². The summed E-state index contributed by atoms with van der Waals surface area (Å²) in [6, 6.07) is 19.8. The van der Waals surface area contributed by atoms with Crippen LogP contribution < -0.4 is 5.32 Å². The van der Waals surface area contributed by atoms with Crippen molar-refractivity contribution in [1.82, 2.24) is 4.31 Å². The van der Waals surface area contributed by atoms with Gasteiger partial charge >= 0.3 is 0 Å². The van der Waals surface area contributed by atoms with Gasteiger partial charge in [-0.2, -0.15) is 4.31 Å². The number of sulfonamides is 1. The number of hydrogen-bond acceptors (Lipinski definition) is 4. The minimum absolute atomic E-state index is 0.168. The maximum atomic E-state index is 13.0. The third-order valence-corrected chi connectivity index (χ3v) is 8.26. The third-order valence-electron chi connectivity index (χ3n) is 5.88. The van der Waals surface area contributed by atoms with E-state index in [0.717, 1.165) is 12.8 Å². The molecule has 8 heteroatoms. The van der Waals surface area contributed by atoms with Gasteiger partial charge in [-0.15, -0.1) is 0 Å². The summed E-state index contributed by atoms with van der Waals surface area (Å²) < 4.78 is 28.2. The lowest BCUT2D eigenvalue weighted by atomic mass is 10.0. The molecule has 4 rings (SSSR count). The summed E-state index contributed by atoms with van der Waals surface area (Å²) in [6.07, 6.45) is 1.87. The SMILES string of the molecule is CC1CCCN(S(=O)(=O)c2ccc(C(=O)Nc3ccc(Br)cc3C(=O)c3ccccc3)cc2)C1. The zero-order valence-electron chi connectivity index (χ0n) is 18.7. The smallest absolute Gasteiger partial charge is 0.255 e. The van der Waals surface area contributed by atoms with Crippen LogP contribution in [0.1, 0.15) is 46.0 Å². The Balaban J connectivity index is 1.54. The first-order valence-corrected chi connectivity index (χ1v) is 13.3. The average molecular weight is 541 g/mol. The summed E-state index contributed by atoms with van der Waals surface area (Å²) in [5.74, 6) is -0.318. The van der Waals surface area contributed by atoms with Crippen molar-refractivity contribution in [2.75, 3.05) is 18.4 Å². The van der Waals surface area contributed by atoms with Gasteiger partial charge in [0.1, 0.15) is 0 Å². The summed E-state index contributed by atoms with van der Waals surface area (Å²) in [5.41, 5.74) is 1.54. The average Bonchev–Trinajstić information content (AvgIpc) is 2.85. The van der Waals surface area contributed by atoms with E-state index in [1.807, 2.05) is 13.0 Å². The molecule has 1 atom stereocenters. The van der Waals surface area contributed by atoms with Gasteiger partial charge in [-0.05, 0) is 61.2 Å². The fourth-order valence-electron chi connectivity index (χ4n) is 4.04. The number of piperidine rings is 1. The zero-order chi connectivity index (χ0) is 24.3. The molecule has 34 heavy (non-hydrogen) atoms. The standard InChI is InChI=1S/C26H25BrN2O4S/c1-18-6-5-15-29(17-18)34(32,33)22-12-9-20(10-13-22)26(31)28-24-14-11-21(27)16-23(24)25(30)19-7-3-2-4-8-19/h2-4,7-14,16,18H,5-6,15,17H2,1H3,(H,28,31). The van der Waals surface area contributed by atoms with Gasteiger partial charge in [-0.1, -0.05) is 53.2 Å². The molecule has 0 spiro atoms. The highest BCUT2D eigenvalue weighted by molar-refractivity contribution is 9.10. The molecule has 0 aliphatic carbocycles. The number of rotatable bonds is 6. The van der Waals surface area contributed by atoms with Crippen LogP contribution in [0, 0.1) is 5.92 Å². The molecule has 1 saturated heterocycles. The Morgan fingerprint density at radius 3 is 2.35 bits per heavy atom. The summed E-state index contributed by atoms with van der Waals surface area (Å²) >= 11 is 3.39. The normalized spacial score (nSPS) is 16.7. The number of carbonyl (C=O) groups excluding carboxylic acids is 2. The van der Waals surface area contributed by atoms with Crippen LogP contribution in [-0.2, 0) is 10.0 Å². The van der Waals surface area contributed by atoms with Crippen LogP contribution >= 0.6 is 15.9 Å². The fourth-order valence-corrected chi connectivity index (χ4v) is 6.00. The lowest BCUT2D eigenvalue weighted by Crippen LogP contribution is -2.39. The maximum Gasteiger partial charge on any atom is 0.255 e. The van der Waals surface area contributed by atoms with E-state index in [1.54, 1.807) is 42.5 Å². The van der Waals surface area contributed by atoms with Gasteiger partial charge in [0.15, 0.2) is 5.78 Å². The maximum absolute atomic E-state index is 13.0. The van der Waals surface area contributed by atoms with E-state index in [9.17, 15) is 18.0 Å². The molecule has 1 aliphatic rings. The van der Waals surface area contributed by atoms with Crippen molar-refractivity contribution in [3.05, 3.63) is 94.0 Å². The molecule has 1 heterocycles. The highest BCUT2D eigenvalue weighted by atomic mass is 79.9. The molecule has 3 aromatic rings. The Kier molecular flexibility index (Phi) is 7.30. The minimum Gasteiger partial charge on any atom is -0.321 e. The Morgan fingerprint density at radius 1 is 0.971 bits per heavy atom. The van der Waals surface area contributed by atoms with E-state index in [0.29, 0.717) is 45.9 Å². The Hall–Kier alpha value is -2.81. The fraction of sp³-hybridized carbons (Fsp3) is 0.231. The lowest BCUT2D eigenvalue weighted by molar-refractivity contribution is 0.102. The van der Waals surface area contributed by atoms with Crippen LogP contribution in [0.2, 0.25) is 0 Å². The van der Waals surface area contributed by atoms with E-state index < -0.39 is 15.9 Å². The molecule has 0 bridgehead atoms. The molecule has 176 valence electrons. The Bertz CT molecular complexity index is 1310.